The maximum absolute atomic E-state index is 12.2. The maximum Gasteiger partial charge on any atom is 0.299 e. The zero-order valence-electron chi connectivity index (χ0n) is 11.2. The van der Waals surface area contributed by atoms with Crippen LogP contribution in [0.2, 0.25) is 5.02 Å². The third-order valence-electron chi connectivity index (χ3n) is 3.32. The Labute approximate surface area is 126 Å². The van der Waals surface area contributed by atoms with E-state index in [0.717, 1.165) is 0 Å². The molecule has 2 aromatic rings. The average molecular weight is 303 g/mol. The van der Waals surface area contributed by atoms with E-state index in [-0.39, 0.29) is 17.1 Å². The van der Waals surface area contributed by atoms with Crippen molar-refractivity contribution in [3.8, 4) is 5.88 Å². The Kier molecular flexibility index (Phi) is 3.35. The number of pyridine rings is 1. The number of anilines is 1. The molecule has 1 aromatic carbocycles. The second-order valence-electron chi connectivity index (χ2n) is 4.53. The highest BCUT2D eigenvalue weighted by Gasteiger charge is 2.37. The van der Waals surface area contributed by atoms with Gasteiger partial charge in [0.25, 0.3) is 11.7 Å². The molecule has 5 nitrogen and oxygen atoms in total. The molecule has 1 aliphatic heterocycles. The third-order valence-corrected chi connectivity index (χ3v) is 3.64. The molecule has 21 heavy (non-hydrogen) atoms. The molecule has 0 radical (unpaired) electrons. The number of ether oxygens (including phenoxy) is 1. The van der Waals surface area contributed by atoms with Crippen LogP contribution >= 0.6 is 11.6 Å². The van der Waals surface area contributed by atoms with Crippen molar-refractivity contribution in [2.24, 2.45) is 0 Å². The van der Waals surface area contributed by atoms with Gasteiger partial charge < -0.3 is 9.64 Å². The Bertz CT molecular complexity index is 745. The molecule has 0 saturated heterocycles. The molecule has 0 spiro atoms. The van der Waals surface area contributed by atoms with Crippen molar-refractivity contribution in [3.63, 3.8) is 0 Å². The van der Waals surface area contributed by atoms with E-state index in [1.54, 1.807) is 36.5 Å². The van der Waals surface area contributed by atoms with Crippen molar-refractivity contribution in [3.05, 3.63) is 52.7 Å². The summed E-state index contributed by atoms with van der Waals surface area (Å²) in [7, 11) is 1.51. The fourth-order valence-corrected chi connectivity index (χ4v) is 2.61. The number of halogens is 1. The Morgan fingerprint density at radius 3 is 2.81 bits per heavy atom. The molecule has 0 unspecified atom stereocenters. The molecule has 106 valence electrons. The fraction of sp³-hybridized carbons (Fsp3) is 0.133. The van der Waals surface area contributed by atoms with Gasteiger partial charge >= 0.3 is 0 Å². The summed E-state index contributed by atoms with van der Waals surface area (Å²) in [5.74, 6) is -0.754. The highest BCUT2D eigenvalue weighted by molar-refractivity contribution is 6.55. The van der Waals surface area contributed by atoms with E-state index < -0.39 is 11.7 Å². The topological polar surface area (TPSA) is 59.5 Å². The SMILES string of the molecule is COc1ncccc1CN1C(=O)C(=O)c2c(Cl)cccc21. The van der Waals surface area contributed by atoms with Crippen molar-refractivity contribution < 1.29 is 14.3 Å². The molecule has 0 aliphatic carbocycles. The number of nitrogens with zero attached hydrogens (tertiary/aromatic N) is 2. The number of benzene rings is 1. The van der Waals surface area contributed by atoms with Gasteiger partial charge in [-0.1, -0.05) is 23.7 Å². The minimum absolute atomic E-state index is 0.203. The monoisotopic (exact) mass is 302 g/mol. The summed E-state index contributed by atoms with van der Waals surface area (Å²) < 4.78 is 5.17. The Hall–Kier alpha value is -2.40. The molecule has 0 N–H and O–H groups in total. The van der Waals surface area contributed by atoms with Crippen molar-refractivity contribution in [2.45, 2.75) is 6.54 Å². The first kappa shape index (κ1) is 13.6. The van der Waals surface area contributed by atoms with Gasteiger partial charge in [0.15, 0.2) is 0 Å². The van der Waals surface area contributed by atoms with Crippen LogP contribution in [0.3, 0.4) is 0 Å². The van der Waals surface area contributed by atoms with Crippen LogP contribution in [-0.4, -0.2) is 23.8 Å². The normalized spacial score (nSPS) is 13.5. The smallest absolute Gasteiger partial charge is 0.299 e. The molecule has 2 heterocycles. The number of hydrogen-bond acceptors (Lipinski definition) is 4. The minimum atomic E-state index is -0.594. The van der Waals surface area contributed by atoms with Gasteiger partial charge in [-0.05, 0) is 18.2 Å². The van der Waals surface area contributed by atoms with Crippen molar-refractivity contribution in [2.75, 3.05) is 12.0 Å². The van der Waals surface area contributed by atoms with Gasteiger partial charge in [-0.3, -0.25) is 9.59 Å². The van der Waals surface area contributed by atoms with Gasteiger partial charge in [-0.25, -0.2) is 4.98 Å². The highest BCUT2D eigenvalue weighted by Crippen LogP contribution is 2.35. The van der Waals surface area contributed by atoms with Gasteiger partial charge in [0.1, 0.15) is 0 Å². The van der Waals surface area contributed by atoms with Crippen LogP contribution in [0.1, 0.15) is 15.9 Å². The minimum Gasteiger partial charge on any atom is -0.481 e. The third kappa shape index (κ3) is 2.15. The lowest BCUT2D eigenvalue weighted by Gasteiger charge is -2.17. The molecule has 3 rings (SSSR count). The summed E-state index contributed by atoms with van der Waals surface area (Å²) in [6.07, 6.45) is 1.60. The molecule has 6 heteroatoms. The van der Waals surface area contributed by atoms with Crippen LogP contribution in [0.5, 0.6) is 5.88 Å². The lowest BCUT2D eigenvalue weighted by atomic mass is 10.1. The van der Waals surface area contributed by atoms with E-state index in [9.17, 15) is 9.59 Å². The largest absolute Gasteiger partial charge is 0.481 e. The molecule has 1 aliphatic rings. The summed E-state index contributed by atoms with van der Waals surface area (Å²) >= 11 is 6.02. The van der Waals surface area contributed by atoms with E-state index in [2.05, 4.69) is 4.98 Å². The average Bonchev–Trinajstić information content (AvgIpc) is 2.74. The molecule has 1 aromatic heterocycles. The number of fused-ring (bicyclic) bond motifs is 1. The number of methoxy groups -OCH3 is 1. The molecular weight excluding hydrogens is 292 g/mol. The van der Waals surface area contributed by atoms with Crippen LogP contribution < -0.4 is 9.64 Å². The Morgan fingerprint density at radius 2 is 2.05 bits per heavy atom. The summed E-state index contributed by atoms with van der Waals surface area (Å²) in [6, 6.07) is 8.55. The maximum atomic E-state index is 12.2. The first-order chi connectivity index (χ1) is 10.1. The fourth-order valence-electron chi connectivity index (χ4n) is 2.36. The van der Waals surface area contributed by atoms with Gasteiger partial charge in [0, 0.05) is 11.8 Å². The van der Waals surface area contributed by atoms with Gasteiger partial charge in [-0.15, -0.1) is 0 Å². The standard InChI is InChI=1S/C15H11ClN2O3/c1-21-14-9(4-3-7-17-14)8-18-11-6-2-5-10(16)12(11)13(19)15(18)20/h2-7H,8H2,1H3. The van der Waals surface area contributed by atoms with E-state index in [4.69, 9.17) is 16.3 Å². The summed E-state index contributed by atoms with van der Waals surface area (Å²) in [5.41, 5.74) is 1.49. The lowest BCUT2D eigenvalue weighted by Crippen LogP contribution is -2.29. The van der Waals surface area contributed by atoms with Crippen molar-refractivity contribution >= 4 is 29.0 Å². The molecule has 0 bridgehead atoms. The van der Waals surface area contributed by atoms with Gasteiger partial charge in [-0.2, -0.15) is 0 Å². The molecule has 0 saturated carbocycles. The summed E-state index contributed by atoms with van der Waals surface area (Å²) in [4.78, 5) is 29.7. The van der Waals surface area contributed by atoms with E-state index >= 15 is 0 Å². The van der Waals surface area contributed by atoms with Crippen LogP contribution in [0.15, 0.2) is 36.5 Å². The van der Waals surface area contributed by atoms with Crippen LogP contribution in [0.4, 0.5) is 5.69 Å². The molecule has 1 amide bonds. The number of aromatic nitrogens is 1. The van der Waals surface area contributed by atoms with Gasteiger partial charge in [0.2, 0.25) is 5.88 Å². The summed E-state index contributed by atoms with van der Waals surface area (Å²) in [6.45, 7) is 0.203. The van der Waals surface area contributed by atoms with Crippen molar-refractivity contribution in [1.29, 1.82) is 0 Å². The Balaban J connectivity index is 2.03. The first-order valence-electron chi connectivity index (χ1n) is 6.26. The van der Waals surface area contributed by atoms with E-state index in [1.165, 1.54) is 12.0 Å². The number of carbonyl (C=O) groups excluding carboxylic acids is 2. The number of hydrogen-bond donors (Lipinski definition) is 0. The number of carbonyl (C=O) groups is 2. The predicted molar refractivity (Wildman–Crippen MR) is 77.8 cm³/mol. The number of amides is 1. The quantitative estimate of drug-likeness (QED) is 0.817. The van der Waals surface area contributed by atoms with Crippen LogP contribution in [0, 0.1) is 0 Å². The number of rotatable bonds is 3. The highest BCUT2D eigenvalue weighted by atomic mass is 35.5. The van der Waals surface area contributed by atoms with E-state index in [0.29, 0.717) is 17.1 Å². The molecule has 0 fully saturated rings. The number of Topliss-reactive ketones (excluding diaryl/α,β-unsaturated/α-hetero) is 1. The number of ketones is 1. The lowest BCUT2D eigenvalue weighted by molar-refractivity contribution is -0.114. The zero-order chi connectivity index (χ0) is 15.0. The second kappa shape index (κ2) is 5.18. The molecule has 0 atom stereocenters. The van der Waals surface area contributed by atoms with Gasteiger partial charge in [0.05, 0.1) is 29.9 Å². The predicted octanol–water partition coefficient (Wildman–Crippen LogP) is 2.47. The Morgan fingerprint density at radius 1 is 1.24 bits per heavy atom. The van der Waals surface area contributed by atoms with Crippen LogP contribution in [0.25, 0.3) is 0 Å². The second-order valence-corrected chi connectivity index (χ2v) is 4.93. The van der Waals surface area contributed by atoms with E-state index in [1.807, 2.05) is 0 Å². The summed E-state index contributed by atoms with van der Waals surface area (Å²) in [5, 5.41) is 0.284. The van der Waals surface area contributed by atoms with Crippen molar-refractivity contribution in [1.82, 2.24) is 4.98 Å². The molecular formula is C15H11ClN2O3. The first-order valence-corrected chi connectivity index (χ1v) is 6.64. The van der Waals surface area contributed by atoms with Crippen LogP contribution in [-0.2, 0) is 11.3 Å². The zero-order valence-corrected chi connectivity index (χ0v) is 11.9.